The molecule has 2 fully saturated rings. The summed E-state index contributed by atoms with van der Waals surface area (Å²) >= 11 is 6.89. The van der Waals surface area contributed by atoms with Crippen LogP contribution in [0.4, 0.5) is 0 Å². The number of rotatable bonds is 8. The van der Waals surface area contributed by atoms with Crippen molar-refractivity contribution in [3.63, 3.8) is 0 Å². The number of aliphatic hydroxyl groups is 2. The largest absolute Gasteiger partial charge is 0.394 e. The first-order valence-corrected chi connectivity index (χ1v) is 14.9. The second-order valence-corrected chi connectivity index (χ2v) is 12.1. The second kappa shape index (κ2) is 13.9. The predicted molar refractivity (Wildman–Crippen MR) is 146 cm³/mol. The third-order valence-electron chi connectivity index (χ3n) is 6.15. The van der Waals surface area contributed by atoms with Crippen molar-refractivity contribution in [2.75, 3.05) is 13.2 Å². The van der Waals surface area contributed by atoms with Gasteiger partial charge in [0.25, 0.3) is 5.56 Å². The molecule has 3 heterocycles. The van der Waals surface area contributed by atoms with Gasteiger partial charge in [-0.25, -0.2) is 9.10 Å². The Kier molecular flexibility index (Phi) is 11.2. The molecule has 0 radical (unpaired) electrons. The maximum atomic E-state index is 11.6. The van der Waals surface area contributed by atoms with Crippen LogP contribution in [-0.4, -0.2) is 65.2 Å². The normalized spacial score (nSPS) is 24.8. The summed E-state index contributed by atoms with van der Waals surface area (Å²) in [6, 6.07) is 10.7. The fourth-order valence-electron chi connectivity index (χ4n) is 4.23. The molecule has 0 saturated carbocycles. The number of hydrogen-bond donors (Lipinski definition) is 5. The molecule has 0 spiro atoms. The van der Waals surface area contributed by atoms with Crippen LogP contribution < -0.4 is 16.8 Å². The van der Waals surface area contributed by atoms with E-state index in [1.807, 2.05) is 18.2 Å². The van der Waals surface area contributed by atoms with E-state index in [1.165, 1.54) is 35.2 Å². The molecule has 2 aliphatic heterocycles. The number of aromatic nitrogens is 2. The van der Waals surface area contributed by atoms with E-state index >= 15 is 0 Å². The smallest absolute Gasteiger partial charge is 0.330 e. The second-order valence-electron chi connectivity index (χ2n) is 8.74. The summed E-state index contributed by atoms with van der Waals surface area (Å²) in [6.45, 7) is 2.28. The van der Waals surface area contributed by atoms with Crippen molar-refractivity contribution in [1.82, 2.24) is 13.9 Å². The van der Waals surface area contributed by atoms with Gasteiger partial charge < -0.3 is 19.8 Å². The Morgan fingerprint density at radius 2 is 2.06 bits per heavy atom. The van der Waals surface area contributed by atoms with Crippen molar-refractivity contribution in [3.8, 4) is 0 Å². The van der Waals surface area contributed by atoms with Gasteiger partial charge in [0.2, 0.25) is 0 Å². The van der Waals surface area contributed by atoms with E-state index in [0.717, 1.165) is 29.8 Å². The fraction of sp³-hybridized carbons (Fsp3) is 0.522. The van der Waals surface area contributed by atoms with Gasteiger partial charge in [-0.2, -0.15) is 0 Å². The van der Waals surface area contributed by atoms with Gasteiger partial charge in [0.15, 0.2) is 7.50 Å². The van der Waals surface area contributed by atoms with Gasteiger partial charge >= 0.3 is 5.69 Å². The van der Waals surface area contributed by atoms with Gasteiger partial charge in [0.05, 0.1) is 12.7 Å². The van der Waals surface area contributed by atoms with Crippen molar-refractivity contribution in [2.45, 2.75) is 63.5 Å². The summed E-state index contributed by atoms with van der Waals surface area (Å²) in [6.07, 6.45) is 3.74. The lowest BCUT2D eigenvalue weighted by Crippen LogP contribution is -2.33. The zero-order chi connectivity index (χ0) is 26.2. The third kappa shape index (κ3) is 8.01. The quantitative estimate of drug-likeness (QED) is 0.141. The van der Waals surface area contributed by atoms with E-state index in [-0.39, 0.29) is 13.0 Å². The maximum Gasteiger partial charge on any atom is 0.330 e. The molecule has 2 aliphatic rings. The molecule has 1 aromatic carbocycles. The first-order chi connectivity index (χ1) is 17.2. The number of nitrogens with two attached hydrogens (primary N) is 1. The fourth-order valence-corrected chi connectivity index (χ4v) is 6.54. The average Bonchev–Trinajstić information content (AvgIpc) is 3.45. The highest BCUT2D eigenvalue weighted by atomic mass is 32.7. The number of nitrogens with one attached hydrogen (secondary N) is 1. The molecule has 4 rings (SSSR count). The van der Waals surface area contributed by atoms with E-state index in [9.17, 15) is 19.6 Å². The Hall–Kier alpha value is -1.47. The SMILES string of the molecule is Cc1cn([C@H]2C[C@H](O)[C@@H](CO)O2)c(=O)[nH]c1=O.NP(O)SN1CCCC1CCC(=S)c1ccccc1. The zero-order valence-corrected chi connectivity index (χ0v) is 22.6. The molecule has 2 saturated heterocycles. The van der Waals surface area contributed by atoms with Crippen molar-refractivity contribution < 1.29 is 19.8 Å². The van der Waals surface area contributed by atoms with Crippen molar-refractivity contribution in [3.05, 3.63) is 68.5 Å². The van der Waals surface area contributed by atoms with Crippen LogP contribution in [0.25, 0.3) is 0 Å². The van der Waals surface area contributed by atoms with Crippen LogP contribution in [0.5, 0.6) is 0 Å². The highest BCUT2D eigenvalue weighted by molar-refractivity contribution is 8.52. The van der Waals surface area contributed by atoms with Crippen LogP contribution in [0.3, 0.4) is 0 Å². The minimum atomic E-state index is -1.40. The van der Waals surface area contributed by atoms with Crippen LogP contribution in [0.1, 0.15) is 49.5 Å². The molecular weight excluding hydrogens is 523 g/mol. The molecule has 0 aliphatic carbocycles. The van der Waals surface area contributed by atoms with E-state index in [1.54, 1.807) is 6.92 Å². The van der Waals surface area contributed by atoms with E-state index < -0.39 is 37.2 Å². The summed E-state index contributed by atoms with van der Waals surface area (Å²) < 4.78 is 8.78. The van der Waals surface area contributed by atoms with Crippen LogP contribution in [0.2, 0.25) is 0 Å². The molecule has 0 bridgehead atoms. The van der Waals surface area contributed by atoms with E-state index in [2.05, 4.69) is 21.4 Å². The minimum Gasteiger partial charge on any atom is -0.394 e. The number of nitrogens with zero attached hydrogens (tertiary/aromatic N) is 2. The molecule has 10 nitrogen and oxygen atoms in total. The number of aromatic amines is 1. The molecular formula is C23H33N4O6PS2. The number of aliphatic hydroxyl groups excluding tert-OH is 2. The van der Waals surface area contributed by atoms with Crippen molar-refractivity contribution >= 4 is 36.2 Å². The summed E-state index contributed by atoms with van der Waals surface area (Å²) in [5.41, 5.74) is 6.00. The van der Waals surface area contributed by atoms with Crippen molar-refractivity contribution in [1.29, 1.82) is 0 Å². The standard InChI is InChI=1S/C13H19N2OPS2.C10H14N2O5/c14-17(16)19-15-10-4-7-12(15)8-9-13(18)11-5-2-1-3-6-11;1-5-3-12(10(16)11-9(5)15)8-2-6(14)7(4-13)17-8/h1-3,5-6,12,16H,4,7-10,14H2;3,6-8,13-14H,2,4H2,1H3,(H,11,15,16)/t;6-,7+,8+/m.0/s1. The first kappa shape index (κ1) is 29.1. The third-order valence-corrected chi connectivity index (χ3v) is 8.58. The molecule has 2 unspecified atom stereocenters. The van der Waals surface area contributed by atoms with E-state index in [4.69, 9.17) is 27.6 Å². The van der Waals surface area contributed by atoms with Gasteiger partial charge in [-0.05, 0) is 49.7 Å². The molecule has 2 aromatic rings. The number of benzene rings is 1. The van der Waals surface area contributed by atoms with Crippen LogP contribution >= 0.6 is 31.3 Å². The lowest BCUT2D eigenvalue weighted by atomic mass is 10.0. The highest BCUT2D eigenvalue weighted by Crippen LogP contribution is 2.44. The summed E-state index contributed by atoms with van der Waals surface area (Å²) in [5.74, 6) is 0. The first-order valence-electron chi connectivity index (χ1n) is 11.7. The molecule has 1 aromatic heterocycles. The number of hydrogen-bond acceptors (Lipinski definition) is 10. The van der Waals surface area contributed by atoms with Gasteiger partial charge in [-0.1, -0.05) is 42.5 Å². The molecule has 13 heteroatoms. The Balaban J connectivity index is 0.000000202. The predicted octanol–water partition coefficient (Wildman–Crippen LogP) is 1.96. The van der Waals surface area contributed by atoms with Crippen LogP contribution in [0, 0.1) is 6.92 Å². The van der Waals surface area contributed by atoms with Gasteiger partial charge in [-0.15, -0.1) is 0 Å². The Morgan fingerprint density at radius 1 is 1.33 bits per heavy atom. The minimum absolute atomic E-state index is 0.205. The Bertz CT molecular complexity index is 1120. The van der Waals surface area contributed by atoms with Gasteiger partial charge in [-0.3, -0.25) is 19.8 Å². The molecule has 6 N–H and O–H groups in total. The highest BCUT2D eigenvalue weighted by Gasteiger charge is 2.35. The Labute approximate surface area is 220 Å². The molecule has 5 atom stereocenters. The number of ether oxygens (including phenoxy) is 1. The number of H-pyrrole nitrogens is 1. The monoisotopic (exact) mass is 556 g/mol. The summed E-state index contributed by atoms with van der Waals surface area (Å²) in [5, 5.41) is 18.5. The lowest BCUT2D eigenvalue weighted by molar-refractivity contribution is -0.0459. The van der Waals surface area contributed by atoms with Crippen LogP contribution in [-0.2, 0) is 4.74 Å². The summed E-state index contributed by atoms with van der Waals surface area (Å²) in [7, 11) is -1.40. The maximum absolute atomic E-state index is 11.6. The van der Waals surface area contributed by atoms with E-state index in [0.29, 0.717) is 11.6 Å². The molecule has 36 heavy (non-hydrogen) atoms. The number of aryl methyl sites for hydroxylation is 1. The van der Waals surface area contributed by atoms with Gasteiger partial charge in [0.1, 0.15) is 12.3 Å². The molecule has 198 valence electrons. The van der Waals surface area contributed by atoms with Crippen LogP contribution in [0.15, 0.2) is 46.1 Å². The molecule has 0 amide bonds. The summed E-state index contributed by atoms with van der Waals surface area (Å²) in [4.78, 5) is 35.3. The topological polar surface area (TPSA) is 154 Å². The van der Waals surface area contributed by atoms with Crippen molar-refractivity contribution in [2.24, 2.45) is 5.50 Å². The lowest BCUT2D eigenvalue weighted by Gasteiger charge is -2.23. The Morgan fingerprint density at radius 3 is 2.69 bits per heavy atom. The zero-order valence-electron chi connectivity index (χ0n) is 20.0. The number of thiocarbonyl (C=S) groups is 1. The van der Waals surface area contributed by atoms with Gasteiger partial charge in [0, 0.05) is 35.6 Å². The average molecular weight is 557 g/mol.